The molecule has 0 unspecified atom stereocenters. The summed E-state index contributed by atoms with van der Waals surface area (Å²) in [7, 11) is 0. The predicted octanol–water partition coefficient (Wildman–Crippen LogP) is 2.68. The maximum absolute atomic E-state index is 12.2. The highest BCUT2D eigenvalue weighted by Crippen LogP contribution is 2.33. The minimum Gasteiger partial charge on any atom is -0.490 e. The van der Waals surface area contributed by atoms with E-state index in [0.29, 0.717) is 12.5 Å². The molecule has 2 aliphatic rings. The lowest BCUT2D eigenvalue weighted by Crippen LogP contribution is -2.48. The summed E-state index contributed by atoms with van der Waals surface area (Å²) < 4.78 is 5.70. The van der Waals surface area contributed by atoms with E-state index in [2.05, 4.69) is 0 Å². The highest BCUT2D eigenvalue weighted by atomic mass is 16.5. The lowest BCUT2D eigenvalue weighted by molar-refractivity contribution is 0.0911. The maximum atomic E-state index is 12.2. The second kappa shape index (κ2) is 4.39. The largest absolute Gasteiger partial charge is 0.490 e. The Morgan fingerprint density at radius 3 is 2.78 bits per heavy atom. The SMILES string of the molecule is NC1(CC(=O)c2cccc(OC3CC3)c2)CCC1. The molecule has 3 rings (SSSR count). The molecule has 2 fully saturated rings. The van der Waals surface area contributed by atoms with E-state index >= 15 is 0 Å². The molecule has 0 aromatic heterocycles. The summed E-state index contributed by atoms with van der Waals surface area (Å²) in [5.41, 5.74) is 6.60. The molecular weight excluding hydrogens is 226 g/mol. The van der Waals surface area contributed by atoms with Crippen molar-refractivity contribution in [1.82, 2.24) is 0 Å². The quantitative estimate of drug-likeness (QED) is 0.811. The van der Waals surface area contributed by atoms with E-state index in [9.17, 15) is 4.79 Å². The van der Waals surface area contributed by atoms with Gasteiger partial charge in [0.15, 0.2) is 5.78 Å². The molecule has 18 heavy (non-hydrogen) atoms. The Morgan fingerprint density at radius 1 is 1.39 bits per heavy atom. The van der Waals surface area contributed by atoms with Gasteiger partial charge in [0.25, 0.3) is 0 Å². The number of benzene rings is 1. The summed E-state index contributed by atoms with van der Waals surface area (Å²) in [5, 5.41) is 0. The standard InChI is InChI=1S/C15H19NO2/c16-15(7-2-8-15)10-14(17)11-3-1-4-13(9-11)18-12-5-6-12/h1,3-4,9,12H,2,5-8,10,16H2. The van der Waals surface area contributed by atoms with Crippen molar-refractivity contribution in [1.29, 1.82) is 0 Å². The van der Waals surface area contributed by atoms with Gasteiger partial charge >= 0.3 is 0 Å². The zero-order valence-electron chi connectivity index (χ0n) is 10.5. The first kappa shape index (κ1) is 11.7. The van der Waals surface area contributed by atoms with Crippen LogP contribution >= 0.6 is 0 Å². The number of nitrogens with two attached hydrogens (primary N) is 1. The van der Waals surface area contributed by atoms with Crippen LogP contribution in [0, 0.1) is 0 Å². The summed E-state index contributed by atoms with van der Waals surface area (Å²) in [4.78, 5) is 12.2. The predicted molar refractivity (Wildman–Crippen MR) is 69.8 cm³/mol. The van der Waals surface area contributed by atoms with Crippen LogP contribution in [0.1, 0.15) is 48.9 Å². The molecule has 96 valence electrons. The average molecular weight is 245 g/mol. The average Bonchev–Trinajstić information content (AvgIpc) is 3.11. The third-order valence-electron chi connectivity index (χ3n) is 3.85. The molecule has 0 aliphatic heterocycles. The van der Waals surface area contributed by atoms with Gasteiger partial charge in [0.05, 0.1) is 6.10 Å². The number of ketones is 1. The zero-order chi connectivity index (χ0) is 12.6. The van der Waals surface area contributed by atoms with Crippen molar-refractivity contribution in [3.8, 4) is 5.75 Å². The highest BCUT2D eigenvalue weighted by molar-refractivity contribution is 5.97. The Balaban J connectivity index is 1.68. The number of hydrogen-bond acceptors (Lipinski definition) is 3. The van der Waals surface area contributed by atoms with Crippen molar-refractivity contribution >= 4 is 5.78 Å². The normalized spacial score (nSPS) is 21.2. The zero-order valence-corrected chi connectivity index (χ0v) is 10.5. The van der Waals surface area contributed by atoms with Gasteiger partial charge in [-0.3, -0.25) is 4.79 Å². The van der Waals surface area contributed by atoms with Crippen LogP contribution in [-0.2, 0) is 0 Å². The maximum Gasteiger partial charge on any atom is 0.164 e. The second-order valence-electron chi connectivity index (χ2n) is 5.66. The van der Waals surface area contributed by atoms with Gasteiger partial charge in [-0.05, 0) is 44.2 Å². The van der Waals surface area contributed by atoms with Gasteiger partial charge in [-0.1, -0.05) is 12.1 Å². The third-order valence-corrected chi connectivity index (χ3v) is 3.85. The Hall–Kier alpha value is -1.35. The van der Waals surface area contributed by atoms with Crippen LogP contribution in [0.15, 0.2) is 24.3 Å². The molecule has 2 N–H and O–H groups in total. The smallest absolute Gasteiger partial charge is 0.164 e. The number of carbonyl (C=O) groups is 1. The minimum absolute atomic E-state index is 0.137. The van der Waals surface area contributed by atoms with Crippen molar-refractivity contribution in [2.24, 2.45) is 5.73 Å². The van der Waals surface area contributed by atoms with Gasteiger partial charge in [0.1, 0.15) is 5.75 Å². The Labute approximate surface area is 107 Å². The fourth-order valence-electron chi connectivity index (χ4n) is 2.35. The first-order valence-electron chi connectivity index (χ1n) is 6.73. The molecule has 0 saturated heterocycles. The molecule has 2 aliphatic carbocycles. The number of rotatable bonds is 5. The molecule has 0 radical (unpaired) electrons. The van der Waals surface area contributed by atoms with Crippen molar-refractivity contribution in [3.63, 3.8) is 0 Å². The van der Waals surface area contributed by atoms with Gasteiger partial charge in [-0.25, -0.2) is 0 Å². The fraction of sp³-hybridized carbons (Fsp3) is 0.533. The first-order chi connectivity index (χ1) is 8.65. The van der Waals surface area contributed by atoms with Crippen LogP contribution in [0.4, 0.5) is 0 Å². The van der Waals surface area contributed by atoms with E-state index in [1.54, 1.807) is 0 Å². The Kier molecular flexibility index (Phi) is 2.86. The van der Waals surface area contributed by atoms with E-state index in [0.717, 1.165) is 43.4 Å². The number of Topliss-reactive ketones (excluding diaryl/α,β-unsaturated/α-hetero) is 1. The summed E-state index contributed by atoms with van der Waals surface area (Å²) in [6, 6.07) is 7.50. The molecule has 2 saturated carbocycles. The van der Waals surface area contributed by atoms with Crippen LogP contribution in [0.5, 0.6) is 5.75 Å². The highest BCUT2D eigenvalue weighted by Gasteiger charge is 2.34. The van der Waals surface area contributed by atoms with E-state index in [4.69, 9.17) is 10.5 Å². The van der Waals surface area contributed by atoms with E-state index in [1.807, 2.05) is 24.3 Å². The summed E-state index contributed by atoms with van der Waals surface area (Å²) in [5.74, 6) is 0.946. The van der Waals surface area contributed by atoms with Crippen LogP contribution in [0.25, 0.3) is 0 Å². The van der Waals surface area contributed by atoms with Gasteiger partial charge in [0, 0.05) is 17.5 Å². The number of ether oxygens (including phenoxy) is 1. The third kappa shape index (κ3) is 2.56. The van der Waals surface area contributed by atoms with Gasteiger partial charge in [-0.2, -0.15) is 0 Å². The van der Waals surface area contributed by atoms with Crippen LogP contribution < -0.4 is 10.5 Å². The molecule has 0 amide bonds. The molecule has 0 spiro atoms. The van der Waals surface area contributed by atoms with Crippen molar-refractivity contribution in [2.45, 2.75) is 50.2 Å². The minimum atomic E-state index is -0.246. The topological polar surface area (TPSA) is 52.3 Å². The Morgan fingerprint density at radius 2 is 2.17 bits per heavy atom. The molecule has 1 aromatic rings. The molecule has 1 aromatic carbocycles. The van der Waals surface area contributed by atoms with E-state index in [-0.39, 0.29) is 11.3 Å². The summed E-state index contributed by atoms with van der Waals surface area (Å²) in [6.07, 6.45) is 6.17. The molecule has 0 bridgehead atoms. The summed E-state index contributed by atoms with van der Waals surface area (Å²) in [6.45, 7) is 0. The van der Waals surface area contributed by atoms with E-state index < -0.39 is 0 Å². The number of carbonyl (C=O) groups excluding carboxylic acids is 1. The van der Waals surface area contributed by atoms with Crippen molar-refractivity contribution < 1.29 is 9.53 Å². The van der Waals surface area contributed by atoms with E-state index in [1.165, 1.54) is 0 Å². The monoisotopic (exact) mass is 245 g/mol. The van der Waals surface area contributed by atoms with Gasteiger partial charge in [0.2, 0.25) is 0 Å². The summed E-state index contributed by atoms with van der Waals surface area (Å²) >= 11 is 0. The molecular formula is C15H19NO2. The molecule has 0 heterocycles. The lowest BCUT2D eigenvalue weighted by atomic mass is 9.74. The number of hydrogen-bond donors (Lipinski definition) is 1. The van der Waals surface area contributed by atoms with Crippen LogP contribution in [0.3, 0.4) is 0 Å². The van der Waals surface area contributed by atoms with Crippen molar-refractivity contribution in [3.05, 3.63) is 29.8 Å². The van der Waals surface area contributed by atoms with Crippen LogP contribution in [0.2, 0.25) is 0 Å². The Bertz CT molecular complexity index is 461. The molecule has 0 atom stereocenters. The molecule has 3 heteroatoms. The van der Waals surface area contributed by atoms with Gasteiger partial charge < -0.3 is 10.5 Å². The van der Waals surface area contributed by atoms with Crippen LogP contribution in [-0.4, -0.2) is 17.4 Å². The fourth-order valence-corrected chi connectivity index (χ4v) is 2.35. The molecule has 3 nitrogen and oxygen atoms in total. The van der Waals surface area contributed by atoms with Gasteiger partial charge in [-0.15, -0.1) is 0 Å². The lowest BCUT2D eigenvalue weighted by Gasteiger charge is -2.37. The first-order valence-corrected chi connectivity index (χ1v) is 6.73. The second-order valence-corrected chi connectivity index (χ2v) is 5.66. The van der Waals surface area contributed by atoms with Crippen molar-refractivity contribution in [2.75, 3.05) is 0 Å².